The first-order valence-electron chi connectivity index (χ1n) is 8.71. The average molecular weight is 312 g/mol. The van der Waals surface area contributed by atoms with Crippen molar-refractivity contribution < 1.29 is 14.3 Å². The summed E-state index contributed by atoms with van der Waals surface area (Å²) in [5.41, 5.74) is 5.31. The summed E-state index contributed by atoms with van der Waals surface area (Å²) >= 11 is 0. The molecule has 0 aromatic heterocycles. The first-order chi connectivity index (χ1) is 10.4. The molecule has 2 rings (SSSR count). The Bertz CT molecular complexity index is 351. The molecule has 5 nitrogen and oxygen atoms in total. The van der Waals surface area contributed by atoms with Crippen LogP contribution in [0.1, 0.15) is 59.3 Å². The van der Waals surface area contributed by atoms with E-state index in [9.17, 15) is 4.79 Å². The minimum absolute atomic E-state index is 0.200. The summed E-state index contributed by atoms with van der Waals surface area (Å²) in [5, 5.41) is 0. The standard InChI is InChI=1S/C17H32N2O3/c1-17(2,3)22-16(20)19-10-8-15(9-11-19)21-14-6-4-13(12-18)5-7-14/h13-15H,4-12,18H2,1-3H3/t13-,14-. The molecule has 1 saturated carbocycles. The summed E-state index contributed by atoms with van der Waals surface area (Å²) in [4.78, 5) is 13.8. The predicted molar refractivity (Wildman–Crippen MR) is 86.7 cm³/mol. The van der Waals surface area contributed by atoms with Gasteiger partial charge in [-0.2, -0.15) is 0 Å². The second-order valence-electron chi connectivity index (χ2n) is 7.68. The van der Waals surface area contributed by atoms with Crippen molar-refractivity contribution in [3.05, 3.63) is 0 Å². The summed E-state index contributed by atoms with van der Waals surface area (Å²) in [7, 11) is 0. The second kappa shape index (κ2) is 7.64. The Kier molecular flexibility index (Phi) is 6.09. The zero-order valence-corrected chi connectivity index (χ0v) is 14.3. The van der Waals surface area contributed by atoms with Crippen molar-refractivity contribution in [1.82, 2.24) is 4.90 Å². The van der Waals surface area contributed by atoms with Crippen molar-refractivity contribution in [2.75, 3.05) is 19.6 Å². The SMILES string of the molecule is CC(C)(C)OC(=O)N1CCC(O[C@H]2CC[C@H](CN)CC2)CC1. The number of piperidine rings is 1. The quantitative estimate of drug-likeness (QED) is 0.870. The van der Waals surface area contributed by atoms with Crippen LogP contribution in [0.5, 0.6) is 0 Å². The Balaban J connectivity index is 1.68. The Morgan fingerprint density at radius 2 is 1.59 bits per heavy atom. The third-order valence-electron chi connectivity index (χ3n) is 4.61. The van der Waals surface area contributed by atoms with Crippen molar-refractivity contribution in [1.29, 1.82) is 0 Å². The molecule has 1 aliphatic heterocycles. The molecule has 0 radical (unpaired) electrons. The fourth-order valence-corrected chi connectivity index (χ4v) is 3.28. The van der Waals surface area contributed by atoms with E-state index >= 15 is 0 Å². The molecular weight excluding hydrogens is 280 g/mol. The molecule has 5 heteroatoms. The molecule has 1 heterocycles. The Hall–Kier alpha value is -0.810. The number of amides is 1. The molecule has 2 N–H and O–H groups in total. The number of likely N-dealkylation sites (tertiary alicyclic amines) is 1. The molecule has 1 saturated heterocycles. The Morgan fingerprint density at radius 1 is 1.05 bits per heavy atom. The lowest BCUT2D eigenvalue weighted by Crippen LogP contribution is -2.44. The molecule has 2 aliphatic rings. The molecule has 0 aromatic carbocycles. The van der Waals surface area contributed by atoms with Crippen LogP contribution in [0.25, 0.3) is 0 Å². The largest absolute Gasteiger partial charge is 0.444 e. The number of carbonyl (C=O) groups excluding carboxylic acids is 1. The molecule has 1 aliphatic carbocycles. The van der Waals surface area contributed by atoms with E-state index < -0.39 is 5.60 Å². The Morgan fingerprint density at radius 3 is 2.09 bits per heavy atom. The summed E-state index contributed by atoms with van der Waals surface area (Å²) in [5.74, 6) is 0.689. The van der Waals surface area contributed by atoms with Crippen molar-refractivity contribution in [2.45, 2.75) is 77.1 Å². The molecule has 0 spiro atoms. The zero-order valence-electron chi connectivity index (χ0n) is 14.3. The highest BCUT2D eigenvalue weighted by Gasteiger charge is 2.29. The highest BCUT2D eigenvalue weighted by atomic mass is 16.6. The van der Waals surface area contributed by atoms with Gasteiger partial charge in [-0.3, -0.25) is 0 Å². The van der Waals surface area contributed by atoms with E-state index in [2.05, 4.69) is 0 Å². The van der Waals surface area contributed by atoms with E-state index in [1.54, 1.807) is 4.90 Å². The van der Waals surface area contributed by atoms with Crippen LogP contribution < -0.4 is 5.73 Å². The van der Waals surface area contributed by atoms with Crippen molar-refractivity contribution in [2.24, 2.45) is 11.7 Å². The fraction of sp³-hybridized carbons (Fsp3) is 0.941. The summed E-state index contributed by atoms with van der Waals surface area (Å²) in [6.07, 6.45) is 6.96. The summed E-state index contributed by atoms with van der Waals surface area (Å²) in [6.45, 7) is 7.98. The lowest BCUT2D eigenvalue weighted by Gasteiger charge is -2.36. The van der Waals surface area contributed by atoms with Gasteiger partial charge in [-0.15, -0.1) is 0 Å². The zero-order chi connectivity index (χ0) is 16.2. The maximum atomic E-state index is 12.0. The van der Waals surface area contributed by atoms with Gasteiger partial charge >= 0.3 is 6.09 Å². The monoisotopic (exact) mass is 312 g/mol. The van der Waals surface area contributed by atoms with E-state index in [-0.39, 0.29) is 12.2 Å². The van der Waals surface area contributed by atoms with Gasteiger partial charge in [0, 0.05) is 13.1 Å². The van der Waals surface area contributed by atoms with Crippen LogP contribution >= 0.6 is 0 Å². The molecule has 0 bridgehead atoms. The van der Waals surface area contributed by atoms with E-state index in [1.165, 1.54) is 12.8 Å². The van der Waals surface area contributed by atoms with Crippen LogP contribution in [0.2, 0.25) is 0 Å². The number of rotatable bonds is 3. The molecular formula is C17H32N2O3. The van der Waals surface area contributed by atoms with Crippen LogP contribution in [0, 0.1) is 5.92 Å². The minimum Gasteiger partial charge on any atom is -0.444 e. The first-order valence-corrected chi connectivity index (χ1v) is 8.71. The fourth-order valence-electron chi connectivity index (χ4n) is 3.28. The van der Waals surface area contributed by atoms with Crippen molar-refractivity contribution >= 4 is 6.09 Å². The normalized spacial score (nSPS) is 27.7. The molecule has 1 amide bonds. The second-order valence-corrected chi connectivity index (χ2v) is 7.68. The van der Waals surface area contributed by atoms with Gasteiger partial charge in [0.05, 0.1) is 12.2 Å². The van der Waals surface area contributed by atoms with Crippen LogP contribution in [0.15, 0.2) is 0 Å². The number of carbonyl (C=O) groups is 1. The van der Waals surface area contributed by atoms with E-state index in [4.69, 9.17) is 15.2 Å². The van der Waals surface area contributed by atoms with Crippen LogP contribution in [0.4, 0.5) is 4.79 Å². The number of hydrogen-bond donors (Lipinski definition) is 1. The molecule has 128 valence electrons. The summed E-state index contributed by atoms with van der Waals surface area (Å²) < 4.78 is 11.7. The molecule has 2 fully saturated rings. The van der Waals surface area contributed by atoms with Crippen LogP contribution in [0.3, 0.4) is 0 Å². The first kappa shape index (κ1) is 17.5. The van der Waals surface area contributed by atoms with Gasteiger partial charge in [-0.1, -0.05) is 0 Å². The third-order valence-corrected chi connectivity index (χ3v) is 4.61. The van der Waals surface area contributed by atoms with Crippen molar-refractivity contribution in [3.8, 4) is 0 Å². The molecule has 0 unspecified atom stereocenters. The number of hydrogen-bond acceptors (Lipinski definition) is 4. The minimum atomic E-state index is -0.425. The van der Waals surface area contributed by atoms with Gasteiger partial charge in [-0.05, 0) is 71.8 Å². The van der Waals surface area contributed by atoms with E-state index in [0.29, 0.717) is 12.0 Å². The topological polar surface area (TPSA) is 64.8 Å². The third kappa shape index (κ3) is 5.43. The molecule has 0 atom stereocenters. The van der Waals surface area contributed by atoms with Crippen LogP contribution in [-0.4, -0.2) is 48.4 Å². The molecule has 0 aromatic rings. The number of nitrogens with two attached hydrogens (primary N) is 1. The Labute approximate surface area is 134 Å². The van der Waals surface area contributed by atoms with Gasteiger partial charge in [0.1, 0.15) is 5.60 Å². The lowest BCUT2D eigenvalue weighted by atomic mass is 9.87. The van der Waals surface area contributed by atoms with E-state index in [1.807, 2.05) is 20.8 Å². The van der Waals surface area contributed by atoms with Gasteiger partial charge in [0.25, 0.3) is 0 Å². The number of ether oxygens (including phenoxy) is 2. The molecule has 22 heavy (non-hydrogen) atoms. The van der Waals surface area contributed by atoms with E-state index in [0.717, 1.165) is 45.3 Å². The smallest absolute Gasteiger partial charge is 0.410 e. The van der Waals surface area contributed by atoms with Crippen LogP contribution in [-0.2, 0) is 9.47 Å². The maximum absolute atomic E-state index is 12.0. The lowest BCUT2D eigenvalue weighted by molar-refractivity contribution is -0.0620. The van der Waals surface area contributed by atoms with Gasteiger partial charge in [-0.25, -0.2) is 4.79 Å². The van der Waals surface area contributed by atoms with Crippen molar-refractivity contribution in [3.63, 3.8) is 0 Å². The van der Waals surface area contributed by atoms with Gasteiger partial charge in [0.15, 0.2) is 0 Å². The average Bonchev–Trinajstić information content (AvgIpc) is 2.47. The summed E-state index contributed by atoms with van der Waals surface area (Å²) in [6, 6.07) is 0. The maximum Gasteiger partial charge on any atom is 0.410 e. The number of nitrogens with zero attached hydrogens (tertiary/aromatic N) is 1. The predicted octanol–water partition coefficient (Wildman–Crippen LogP) is 2.92. The highest BCUT2D eigenvalue weighted by Crippen LogP contribution is 2.28. The highest BCUT2D eigenvalue weighted by molar-refractivity contribution is 5.68. The van der Waals surface area contributed by atoms with Gasteiger partial charge < -0.3 is 20.1 Å². The van der Waals surface area contributed by atoms with Gasteiger partial charge in [0.2, 0.25) is 0 Å².